The molecule has 0 unspecified atom stereocenters. The van der Waals surface area contributed by atoms with Gasteiger partial charge in [0.2, 0.25) is 5.91 Å². The molecule has 1 saturated heterocycles. The van der Waals surface area contributed by atoms with Gasteiger partial charge in [0.15, 0.2) is 0 Å². The molecule has 1 aromatic carbocycles. The van der Waals surface area contributed by atoms with Gasteiger partial charge in [-0.1, -0.05) is 19.8 Å². The number of amides is 1. The van der Waals surface area contributed by atoms with E-state index in [-0.39, 0.29) is 18.4 Å². The Balaban J connectivity index is 1.56. The molecule has 2 fully saturated rings. The van der Waals surface area contributed by atoms with Crippen LogP contribution in [-0.4, -0.2) is 30.4 Å². The molecule has 3 rings (SSSR count). The van der Waals surface area contributed by atoms with E-state index < -0.39 is 35.1 Å². The van der Waals surface area contributed by atoms with Gasteiger partial charge in [-0.15, -0.1) is 0 Å². The topological polar surface area (TPSA) is 32.3 Å². The molecule has 1 saturated carbocycles. The summed E-state index contributed by atoms with van der Waals surface area (Å²) in [5.74, 6) is -0.492. The highest BCUT2D eigenvalue weighted by atomic mass is 19.4. The molecule has 2 aliphatic rings. The Kier molecular flexibility index (Phi) is 6.93. The van der Waals surface area contributed by atoms with E-state index in [1.165, 1.54) is 25.7 Å². The van der Waals surface area contributed by atoms with E-state index in [4.69, 9.17) is 0 Å². The highest BCUT2D eigenvalue weighted by molar-refractivity contribution is 5.91. The van der Waals surface area contributed by atoms with Crippen LogP contribution in [0.25, 0.3) is 0 Å². The van der Waals surface area contributed by atoms with Gasteiger partial charge in [0.05, 0.1) is 11.1 Å². The van der Waals surface area contributed by atoms with Gasteiger partial charge >= 0.3 is 12.4 Å². The van der Waals surface area contributed by atoms with Crippen LogP contribution in [0.15, 0.2) is 18.2 Å². The molecule has 0 radical (unpaired) electrons. The Morgan fingerprint density at radius 3 is 2.00 bits per heavy atom. The molecule has 31 heavy (non-hydrogen) atoms. The van der Waals surface area contributed by atoms with Gasteiger partial charge in [-0.05, 0) is 68.3 Å². The monoisotopic (exact) mass is 450 g/mol. The number of alkyl halides is 6. The molecule has 0 atom stereocenters. The van der Waals surface area contributed by atoms with Crippen LogP contribution in [0.3, 0.4) is 0 Å². The first-order chi connectivity index (χ1) is 14.3. The average Bonchev–Trinajstić information content (AvgIpc) is 3.07. The molecule has 1 amide bonds. The number of rotatable bonds is 5. The lowest BCUT2D eigenvalue weighted by molar-refractivity contribution is -0.143. The molecule has 1 heterocycles. The van der Waals surface area contributed by atoms with Crippen molar-refractivity contribution in [2.45, 2.75) is 64.2 Å². The number of anilines is 1. The molecule has 9 heteroatoms. The first kappa shape index (κ1) is 23.9. The number of hydrogen-bond donors (Lipinski definition) is 1. The van der Waals surface area contributed by atoms with Gasteiger partial charge in [-0.2, -0.15) is 26.3 Å². The zero-order valence-electron chi connectivity index (χ0n) is 17.5. The molecular formula is C22H28F6N2O. The fourth-order valence-electron chi connectivity index (χ4n) is 4.78. The Labute approximate surface area is 178 Å². The maximum Gasteiger partial charge on any atom is 0.416 e. The van der Waals surface area contributed by atoms with Crippen LogP contribution >= 0.6 is 0 Å². The highest BCUT2D eigenvalue weighted by Crippen LogP contribution is 2.39. The van der Waals surface area contributed by atoms with E-state index in [1.54, 1.807) is 0 Å². The second kappa shape index (κ2) is 9.00. The second-order valence-electron chi connectivity index (χ2n) is 9.28. The van der Waals surface area contributed by atoms with Crippen LogP contribution in [0.1, 0.15) is 63.0 Å². The third-order valence-electron chi connectivity index (χ3n) is 6.47. The lowest BCUT2D eigenvalue weighted by atomic mass is 9.86. The van der Waals surface area contributed by atoms with Gasteiger partial charge in [0, 0.05) is 18.7 Å². The maximum atomic E-state index is 13.0. The van der Waals surface area contributed by atoms with Crippen molar-refractivity contribution in [2.24, 2.45) is 11.3 Å². The van der Waals surface area contributed by atoms with Crippen molar-refractivity contribution in [1.82, 2.24) is 4.90 Å². The lowest BCUT2D eigenvalue weighted by Crippen LogP contribution is -2.40. The van der Waals surface area contributed by atoms with E-state index in [2.05, 4.69) is 17.1 Å². The number of likely N-dealkylation sites (tertiary alicyclic amines) is 1. The van der Waals surface area contributed by atoms with Crippen molar-refractivity contribution in [1.29, 1.82) is 0 Å². The SMILES string of the molecule is CC1(CN2CCC(CC(=O)Nc3cc(C(F)(F)F)cc(C(F)(F)F)c3)CC2)CCCC1. The van der Waals surface area contributed by atoms with Gasteiger partial charge in [-0.25, -0.2) is 0 Å². The third kappa shape index (κ3) is 6.60. The highest BCUT2D eigenvalue weighted by Gasteiger charge is 2.37. The first-order valence-electron chi connectivity index (χ1n) is 10.7. The smallest absolute Gasteiger partial charge is 0.326 e. The molecule has 0 aromatic heterocycles. The molecule has 1 aliphatic carbocycles. The van der Waals surface area contributed by atoms with Crippen LogP contribution in [-0.2, 0) is 17.1 Å². The number of piperidine rings is 1. The van der Waals surface area contributed by atoms with Crippen molar-refractivity contribution in [3.8, 4) is 0 Å². The number of hydrogen-bond acceptors (Lipinski definition) is 2. The predicted molar refractivity (Wildman–Crippen MR) is 105 cm³/mol. The fraction of sp³-hybridized carbons (Fsp3) is 0.682. The van der Waals surface area contributed by atoms with E-state index in [0.717, 1.165) is 32.5 Å². The van der Waals surface area contributed by atoms with Crippen LogP contribution < -0.4 is 5.32 Å². The average molecular weight is 450 g/mol. The molecule has 174 valence electrons. The van der Waals surface area contributed by atoms with Crippen LogP contribution in [0.2, 0.25) is 0 Å². The lowest BCUT2D eigenvalue weighted by Gasteiger charge is -2.37. The minimum atomic E-state index is -4.94. The number of nitrogens with one attached hydrogen (secondary N) is 1. The van der Waals surface area contributed by atoms with Crippen molar-refractivity contribution in [3.05, 3.63) is 29.3 Å². The first-order valence-corrected chi connectivity index (χ1v) is 10.7. The number of nitrogens with zero attached hydrogens (tertiary/aromatic N) is 1. The van der Waals surface area contributed by atoms with E-state index in [1.807, 2.05) is 0 Å². The minimum absolute atomic E-state index is 0.0518. The summed E-state index contributed by atoms with van der Waals surface area (Å²) < 4.78 is 77.8. The van der Waals surface area contributed by atoms with Crippen molar-refractivity contribution < 1.29 is 31.1 Å². The summed E-state index contributed by atoms with van der Waals surface area (Å²) >= 11 is 0. The predicted octanol–water partition coefficient (Wildman–Crippen LogP) is 6.35. The summed E-state index contributed by atoms with van der Waals surface area (Å²) in [7, 11) is 0. The molecule has 1 aliphatic heterocycles. The summed E-state index contributed by atoms with van der Waals surface area (Å²) in [6.45, 7) is 5.06. The Hall–Kier alpha value is -1.77. The van der Waals surface area contributed by atoms with Gasteiger partial charge in [-0.3, -0.25) is 4.79 Å². The normalized spacial score (nSPS) is 20.7. The quantitative estimate of drug-likeness (QED) is 0.531. The van der Waals surface area contributed by atoms with Crippen LogP contribution in [0.4, 0.5) is 32.0 Å². The molecular weight excluding hydrogens is 422 g/mol. The van der Waals surface area contributed by atoms with Crippen LogP contribution in [0, 0.1) is 11.3 Å². The van der Waals surface area contributed by atoms with E-state index >= 15 is 0 Å². The molecule has 1 N–H and O–H groups in total. The third-order valence-corrected chi connectivity index (χ3v) is 6.47. The Morgan fingerprint density at radius 2 is 1.52 bits per heavy atom. The molecule has 1 aromatic rings. The summed E-state index contributed by atoms with van der Waals surface area (Å²) in [5, 5.41) is 2.24. The molecule has 0 bridgehead atoms. The molecule has 0 spiro atoms. The Bertz CT molecular complexity index is 743. The van der Waals surface area contributed by atoms with Crippen molar-refractivity contribution >= 4 is 11.6 Å². The number of carbonyl (C=O) groups is 1. The minimum Gasteiger partial charge on any atom is -0.326 e. The van der Waals surface area contributed by atoms with E-state index in [9.17, 15) is 31.1 Å². The summed E-state index contributed by atoms with van der Waals surface area (Å²) in [4.78, 5) is 14.7. The standard InChI is InChI=1S/C22H28F6N2O/c1-20(6-2-3-7-20)14-30-8-4-15(5-9-30)10-19(31)29-18-12-16(21(23,24)25)11-17(13-18)22(26,27)28/h11-13,15H,2-10,14H2,1H3,(H,29,31). The van der Waals surface area contributed by atoms with E-state index in [0.29, 0.717) is 17.5 Å². The second-order valence-corrected chi connectivity index (χ2v) is 9.28. The van der Waals surface area contributed by atoms with Crippen molar-refractivity contribution in [2.75, 3.05) is 25.0 Å². The van der Waals surface area contributed by atoms with Gasteiger partial charge < -0.3 is 10.2 Å². The number of halogens is 6. The summed E-state index contributed by atoms with van der Waals surface area (Å²) in [5.41, 5.74) is -3.01. The number of benzene rings is 1. The van der Waals surface area contributed by atoms with Crippen molar-refractivity contribution in [3.63, 3.8) is 0 Å². The zero-order chi connectivity index (χ0) is 22.9. The van der Waals surface area contributed by atoms with Gasteiger partial charge in [0.1, 0.15) is 0 Å². The largest absolute Gasteiger partial charge is 0.416 e. The summed E-state index contributed by atoms with van der Waals surface area (Å²) in [6, 6.07) is 1.13. The van der Waals surface area contributed by atoms with Crippen LogP contribution in [0.5, 0.6) is 0 Å². The maximum absolute atomic E-state index is 13.0. The van der Waals surface area contributed by atoms with Gasteiger partial charge in [0.25, 0.3) is 0 Å². The zero-order valence-corrected chi connectivity index (χ0v) is 17.5. The summed E-state index contributed by atoms with van der Waals surface area (Å²) in [6.07, 6.45) is -3.23. The Morgan fingerprint density at radius 1 is 1.00 bits per heavy atom. The molecule has 3 nitrogen and oxygen atoms in total. The fourth-order valence-corrected chi connectivity index (χ4v) is 4.78. The number of carbonyl (C=O) groups excluding carboxylic acids is 1.